The molecule has 1 unspecified atom stereocenters. The zero-order valence-electron chi connectivity index (χ0n) is 10.7. The van der Waals surface area contributed by atoms with Gasteiger partial charge in [0.05, 0.1) is 5.02 Å². The molecule has 0 aliphatic carbocycles. The van der Waals surface area contributed by atoms with E-state index in [1.807, 2.05) is 13.8 Å². The third kappa shape index (κ3) is 4.60. The predicted molar refractivity (Wildman–Crippen MR) is 75.7 cm³/mol. The molecule has 0 bridgehead atoms. The van der Waals surface area contributed by atoms with Crippen LogP contribution in [0.5, 0.6) is 0 Å². The van der Waals surface area contributed by atoms with E-state index in [9.17, 15) is 12.8 Å². The number of halogens is 3. The van der Waals surface area contributed by atoms with Gasteiger partial charge in [-0.05, 0) is 30.5 Å². The van der Waals surface area contributed by atoms with Gasteiger partial charge in [-0.15, -0.1) is 11.6 Å². The molecule has 1 rings (SSSR count). The van der Waals surface area contributed by atoms with E-state index in [0.717, 1.165) is 12.1 Å². The van der Waals surface area contributed by atoms with E-state index in [2.05, 4.69) is 4.72 Å². The van der Waals surface area contributed by atoms with Crippen molar-refractivity contribution in [3.05, 3.63) is 29.0 Å². The maximum Gasteiger partial charge on any atom is 0.242 e. The molecule has 1 aromatic carbocycles. The van der Waals surface area contributed by atoms with Crippen LogP contribution in [0.15, 0.2) is 23.1 Å². The van der Waals surface area contributed by atoms with Gasteiger partial charge in [-0.3, -0.25) is 0 Å². The Hall–Kier alpha value is -0.360. The molecule has 1 aromatic rings. The number of hydrogen-bond donors (Lipinski definition) is 1. The highest BCUT2D eigenvalue weighted by molar-refractivity contribution is 7.89. The monoisotopic (exact) mass is 327 g/mol. The van der Waals surface area contributed by atoms with Crippen LogP contribution >= 0.6 is 23.2 Å². The molecule has 0 spiro atoms. The number of alkyl halides is 1. The molecule has 3 nitrogen and oxygen atoms in total. The second-order valence-corrected chi connectivity index (χ2v) is 6.99. The first-order chi connectivity index (χ1) is 8.77. The molecule has 0 amide bonds. The van der Waals surface area contributed by atoms with E-state index in [0.29, 0.717) is 12.3 Å². The SMILES string of the molecule is CC(C)C(CCCl)NS(=O)(=O)c1cc(F)ccc1Cl. The molecule has 7 heteroatoms. The van der Waals surface area contributed by atoms with Crippen molar-refractivity contribution in [2.24, 2.45) is 5.92 Å². The highest BCUT2D eigenvalue weighted by atomic mass is 35.5. The Balaban J connectivity index is 3.06. The molecule has 0 saturated heterocycles. The summed E-state index contributed by atoms with van der Waals surface area (Å²) in [4.78, 5) is -0.255. The minimum absolute atomic E-state index is 0.0118. The minimum atomic E-state index is -3.86. The lowest BCUT2D eigenvalue weighted by Gasteiger charge is -2.21. The van der Waals surface area contributed by atoms with Gasteiger partial charge in [0, 0.05) is 11.9 Å². The maximum absolute atomic E-state index is 13.1. The largest absolute Gasteiger partial charge is 0.242 e. The standard InChI is InChI=1S/C12H16Cl2FNO2S/c1-8(2)11(5-6-13)16-19(17,18)12-7-9(15)3-4-10(12)14/h3-4,7-8,11,16H,5-6H2,1-2H3. The van der Waals surface area contributed by atoms with E-state index in [1.165, 1.54) is 6.07 Å². The number of sulfonamides is 1. The number of hydrogen-bond acceptors (Lipinski definition) is 2. The Morgan fingerprint density at radius 3 is 2.53 bits per heavy atom. The van der Waals surface area contributed by atoms with Crippen LogP contribution in [0.2, 0.25) is 5.02 Å². The number of nitrogens with one attached hydrogen (secondary N) is 1. The lowest BCUT2D eigenvalue weighted by Crippen LogP contribution is -2.39. The van der Waals surface area contributed by atoms with Crippen LogP contribution in [-0.4, -0.2) is 20.3 Å². The molecule has 0 aromatic heterocycles. The third-order valence-corrected chi connectivity index (χ3v) is 4.90. The summed E-state index contributed by atoms with van der Waals surface area (Å²) in [5.41, 5.74) is 0. The van der Waals surface area contributed by atoms with E-state index >= 15 is 0 Å². The smallest absolute Gasteiger partial charge is 0.208 e. The van der Waals surface area contributed by atoms with Crippen molar-refractivity contribution >= 4 is 33.2 Å². The summed E-state index contributed by atoms with van der Waals surface area (Å²) in [6.45, 7) is 3.76. The second kappa shape index (κ2) is 6.88. The third-order valence-electron chi connectivity index (χ3n) is 2.71. The summed E-state index contributed by atoms with van der Waals surface area (Å²) in [6.07, 6.45) is 0.491. The van der Waals surface area contributed by atoms with Crippen LogP contribution < -0.4 is 4.72 Å². The van der Waals surface area contributed by atoms with Gasteiger partial charge in [0.15, 0.2) is 0 Å². The van der Waals surface area contributed by atoms with Gasteiger partial charge in [0.2, 0.25) is 10.0 Å². The molecule has 0 saturated carbocycles. The average Bonchev–Trinajstić information content (AvgIpc) is 2.31. The molecular formula is C12H16Cl2FNO2S. The molecule has 1 N–H and O–H groups in total. The molecule has 0 aliphatic heterocycles. The van der Waals surface area contributed by atoms with Crippen molar-refractivity contribution in [1.82, 2.24) is 4.72 Å². The van der Waals surface area contributed by atoms with Gasteiger partial charge in [-0.1, -0.05) is 25.4 Å². The zero-order valence-corrected chi connectivity index (χ0v) is 13.0. The van der Waals surface area contributed by atoms with Crippen molar-refractivity contribution in [3.8, 4) is 0 Å². The van der Waals surface area contributed by atoms with Crippen LogP contribution in [0.1, 0.15) is 20.3 Å². The van der Waals surface area contributed by atoms with Crippen molar-refractivity contribution in [2.45, 2.75) is 31.2 Å². The fraction of sp³-hybridized carbons (Fsp3) is 0.500. The second-order valence-electron chi connectivity index (χ2n) is 4.52. The summed E-state index contributed by atoms with van der Waals surface area (Å²) < 4.78 is 40.0. The molecular weight excluding hydrogens is 312 g/mol. The molecule has 0 aliphatic rings. The van der Waals surface area contributed by atoms with E-state index in [-0.39, 0.29) is 21.9 Å². The predicted octanol–water partition coefficient (Wildman–Crippen LogP) is 3.41. The molecule has 0 fully saturated rings. The Morgan fingerprint density at radius 2 is 2.00 bits per heavy atom. The van der Waals surface area contributed by atoms with Crippen LogP contribution in [-0.2, 0) is 10.0 Å². The Morgan fingerprint density at radius 1 is 1.37 bits per heavy atom. The molecule has 1 atom stereocenters. The zero-order chi connectivity index (χ0) is 14.6. The fourth-order valence-electron chi connectivity index (χ4n) is 1.59. The normalized spacial score (nSPS) is 13.8. The van der Waals surface area contributed by atoms with Gasteiger partial charge < -0.3 is 0 Å². The van der Waals surface area contributed by atoms with Crippen LogP contribution in [0.25, 0.3) is 0 Å². The highest BCUT2D eigenvalue weighted by Crippen LogP contribution is 2.23. The quantitative estimate of drug-likeness (QED) is 0.814. The summed E-state index contributed by atoms with van der Waals surface area (Å²) in [5, 5.41) is -0.0118. The van der Waals surface area contributed by atoms with Gasteiger partial charge >= 0.3 is 0 Å². The van der Waals surface area contributed by atoms with Crippen LogP contribution in [0, 0.1) is 11.7 Å². The van der Waals surface area contributed by atoms with Crippen molar-refractivity contribution in [3.63, 3.8) is 0 Å². The Kier molecular flexibility index (Phi) is 6.05. The van der Waals surface area contributed by atoms with Crippen LogP contribution in [0.3, 0.4) is 0 Å². The summed E-state index contributed by atoms with van der Waals surface area (Å²) >= 11 is 11.5. The topological polar surface area (TPSA) is 46.2 Å². The first-order valence-corrected chi connectivity index (χ1v) is 8.21. The summed E-state index contributed by atoms with van der Waals surface area (Å²) in [7, 11) is -3.86. The maximum atomic E-state index is 13.1. The minimum Gasteiger partial charge on any atom is -0.208 e. The lowest BCUT2D eigenvalue weighted by atomic mass is 10.0. The number of rotatable bonds is 6. The molecule has 19 heavy (non-hydrogen) atoms. The highest BCUT2D eigenvalue weighted by Gasteiger charge is 2.24. The van der Waals surface area contributed by atoms with Gasteiger partial charge in [-0.2, -0.15) is 0 Å². The fourth-order valence-corrected chi connectivity index (χ4v) is 3.76. The first kappa shape index (κ1) is 16.7. The van der Waals surface area contributed by atoms with Crippen molar-refractivity contribution in [2.75, 3.05) is 5.88 Å². The summed E-state index contributed by atoms with van der Waals surface area (Å²) in [6, 6.07) is 2.92. The molecule has 108 valence electrons. The molecule has 0 radical (unpaired) electrons. The van der Waals surface area contributed by atoms with Gasteiger partial charge in [0.1, 0.15) is 10.7 Å². The molecule has 0 heterocycles. The van der Waals surface area contributed by atoms with Crippen molar-refractivity contribution < 1.29 is 12.8 Å². The van der Waals surface area contributed by atoms with Crippen molar-refractivity contribution in [1.29, 1.82) is 0 Å². The Labute approximate surface area is 123 Å². The van der Waals surface area contributed by atoms with Gasteiger partial charge in [-0.25, -0.2) is 17.5 Å². The lowest BCUT2D eigenvalue weighted by molar-refractivity contribution is 0.438. The Bertz CT molecular complexity index is 535. The summed E-state index contributed by atoms with van der Waals surface area (Å²) in [5.74, 6) is -0.244. The van der Waals surface area contributed by atoms with E-state index in [1.54, 1.807) is 0 Å². The van der Waals surface area contributed by atoms with E-state index < -0.39 is 15.8 Å². The average molecular weight is 328 g/mol. The first-order valence-electron chi connectivity index (χ1n) is 5.81. The van der Waals surface area contributed by atoms with Gasteiger partial charge in [0.25, 0.3) is 0 Å². The van der Waals surface area contributed by atoms with Crippen LogP contribution in [0.4, 0.5) is 4.39 Å². The number of benzene rings is 1. The van der Waals surface area contributed by atoms with E-state index in [4.69, 9.17) is 23.2 Å².